The van der Waals surface area contributed by atoms with Crippen molar-refractivity contribution in [1.82, 2.24) is 4.90 Å². The Kier molecular flexibility index (Phi) is 6.23. The third kappa shape index (κ3) is 4.84. The van der Waals surface area contributed by atoms with Crippen molar-refractivity contribution >= 4 is 23.1 Å². The fourth-order valence-corrected chi connectivity index (χ4v) is 4.22. The third-order valence-corrected chi connectivity index (χ3v) is 6.12. The van der Waals surface area contributed by atoms with Crippen LogP contribution in [0, 0.1) is 0 Å². The predicted molar refractivity (Wildman–Crippen MR) is 121 cm³/mol. The number of urea groups is 1. The Morgan fingerprint density at radius 2 is 1.31 bits per heavy atom. The van der Waals surface area contributed by atoms with Crippen LogP contribution in [-0.2, 0) is 6.42 Å². The molecule has 2 aliphatic heterocycles. The molecule has 154 valence electrons. The van der Waals surface area contributed by atoms with Gasteiger partial charge in [-0.05, 0) is 67.6 Å². The summed E-state index contributed by atoms with van der Waals surface area (Å²) in [7, 11) is 0. The first-order valence-corrected chi connectivity index (χ1v) is 11.0. The number of benzene rings is 2. The molecule has 0 radical (unpaired) electrons. The molecule has 0 saturated carbocycles. The van der Waals surface area contributed by atoms with E-state index in [4.69, 9.17) is 0 Å². The number of piperazine rings is 1. The van der Waals surface area contributed by atoms with Gasteiger partial charge in [0.15, 0.2) is 0 Å². The molecule has 29 heavy (non-hydrogen) atoms. The molecular formula is C24H32N4O. The standard InChI is InChI=1S/C24H32N4O/c1-2-20-6-8-21(9-7-20)25-24(29)28-18-16-27(17-19-28)23-12-10-22(11-13-23)26-14-4-3-5-15-26/h6-13H,2-5,14-19H2,1H3,(H,25,29). The first kappa shape index (κ1) is 19.6. The Balaban J connectivity index is 1.28. The molecule has 2 aliphatic rings. The van der Waals surface area contributed by atoms with Crippen LogP contribution in [0.5, 0.6) is 0 Å². The molecule has 0 aromatic heterocycles. The van der Waals surface area contributed by atoms with Crippen LogP contribution in [0.4, 0.5) is 21.9 Å². The Labute approximate surface area is 174 Å². The molecule has 4 rings (SSSR count). The number of rotatable bonds is 4. The van der Waals surface area contributed by atoms with E-state index in [-0.39, 0.29) is 6.03 Å². The van der Waals surface area contributed by atoms with Crippen molar-refractivity contribution in [2.75, 3.05) is 54.4 Å². The maximum atomic E-state index is 12.6. The van der Waals surface area contributed by atoms with Crippen LogP contribution in [-0.4, -0.2) is 50.2 Å². The molecule has 0 spiro atoms. The number of nitrogens with zero attached hydrogens (tertiary/aromatic N) is 3. The number of nitrogens with one attached hydrogen (secondary N) is 1. The molecule has 0 unspecified atom stereocenters. The van der Waals surface area contributed by atoms with Gasteiger partial charge in [-0.3, -0.25) is 0 Å². The topological polar surface area (TPSA) is 38.8 Å². The SMILES string of the molecule is CCc1ccc(NC(=O)N2CCN(c3ccc(N4CCCCC4)cc3)CC2)cc1. The van der Waals surface area contributed by atoms with Crippen molar-refractivity contribution in [2.45, 2.75) is 32.6 Å². The normalized spacial score (nSPS) is 17.3. The molecular weight excluding hydrogens is 360 g/mol. The Hall–Kier alpha value is -2.69. The molecule has 2 saturated heterocycles. The molecule has 5 nitrogen and oxygen atoms in total. The summed E-state index contributed by atoms with van der Waals surface area (Å²) >= 11 is 0. The maximum Gasteiger partial charge on any atom is 0.321 e. The van der Waals surface area contributed by atoms with Gasteiger partial charge in [0.25, 0.3) is 0 Å². The second kappa shape index (κ2) is 9.21. The number of piperidine rings is 1. The van der Waals surface area contributed by atoms with Crippen molar-refractivity contribution in [2.24, 2.45) is 0 Å². The van der Waals surface area contributed by atoms with Crippen LogP contribution in [0.15, 0.2) is 48.5 Å². The van der Waals surface area contributed by atoms with Crippen LogP contribution in [0.1, 0.15) is 31.7 Å². The zero-order valence-electron chi connectivity index (χ0n) is 17.4. The van der Waals surface area contributed by atoms with Crippen molar-refractivity contribution < 1.29 is 4.79 Å². The molecule has 2 aromatic rings. The van der Waals surface area contributed by atoms with E-state index >= 15 is 0 Å². The number of anilines is 3. The lowest BCUT2D eigenvalue weighted by Crippen LogP contribution is -2.50. The zero-order valence-corrected chi connectivity index (χ0v) is 17.4. The van der Waals surface area contributed by atoms with Crippen molar-refractivity contribution in [3.8, 4) is 0 Å². The van der Waals surface area contributed by atoms with Gasteiger partial charge in [0, 0.05) is 56.3 Å². The van der Waals surface area contributed by atoms with Crippen molar-refractivity contribution in [3.63, 3.8) is 0 Å². The number of carbonyl (C=O) groups excluding carboxylic acids is 1. The van der Waals surface area contributed by atoms with Gasteiger partial charge in [-0.25, -0.2) is 4.79 Å². The average Bonchev–Trinajstić information content (AvgIpc) is 2.80. The quantitative estimate of drug-likeness (QED) is 0.827. The van der Waals surface area contributed by atoms with Gasteiger partial charge in [-0.15, -0.1) is 0 Å². The number of amides is 2. The van der Waals surface area contributed by atoms with Gasteiger partial charge in [0.05, 0.1) is 0 Å². The zero-order chi connectivity index (χ0) is 20.1. The summed E-state index contributed by atoms with van der Waals surface area (Å²) in [6, 6.07) is 17.1. The third-order valence-electron chi connectivity index (χ3n) is 6.12. The van der Waals surface area contributed by atoms with Gasteiger partial charge >= 0.3 is 6.03 Å². The van der Waals surface area contributed by atoms with Crippen LogP contribution < -0.4 is 15.1 Å². The number of aryl methyl sites for hydroxylation is 1. The van der Waals surface area contributed by atoms with E-state index in [0.717, 1.165) is 38.3 Å². The number of carbonyl (C=O) groups is 1. The first-order valence-electron chi connectivity index (χ1n) is 11.0. The fourth-order valence-electron chi connectivity index (χ4n) is 4.22. The fraction of sp³-hybridized carbons (Fsp3) is 0.458. The maximum absolute atomic E-state index is 12.6. The molecule has 0 atom stereocenters. The highest BCUT2D eigenvalue weighted by Gasteiger charge is 2.21. The summed E-state index contributed by atoms with van der Waals surface area (Å²) in [5.41, 5.74) is 4.73. The second-order valence-electron chi connectivity index (χ2n) is 8.02. The highest BCUT2D eigenvalue weighted by Crippen LogP contribution is 2.24. The minimum absolute atomic E-state index is 0.00524. The van der Waals surface area contributed by atoms with Crippen LogP contribution in [0.2, 0.25) is 0 Å². The van der Waals surface area contributed by atoms with E-state index < -0.39 is 0 Å². The first-order chi connectivity index (χ1) is 14.2. The van der Waals surface area contributed by atoms with Gasteiger partial charge in [-0.1, -0.05) is 19.1 Å². The van der Waals surface area contributed by atoms with Gasteiger partial charge in [0.1, 0.15) is 0 Å². The summed E-state index contributed by atoms with van der Waals surface area (Å²) in [6.45, 7) is 7.70. The lowest BCUT2D eigenvalue weighted by Gasteiger charge is -2.36. The summed E-state index contributed by atoms with van der Waals surface area (Å²) < 4.78 is 0. The molecule has 2 heterocycles. The lowest BCUT2D eigenvalue weighted by atomic mass is 10.1. The average molecular weight is 393 g/mol. The summed E-state index contributed by atoms with van der Waals surface area (Å²) in [6.07, 6.45) is 4.97. The van der Waals surface area contributed by atoms with Crippen LogP contribution >= 0.6 is 0 Å². The molecule has 2 fully saturated rings. The minimum atomic E-state index is -0.00524. The molecule has 0 aliphatic carbocycles. The van der Waals surface area contributed by atoms with E-state index in [0.29, 0.717) is 0 Å². The molecule has 2 aromatic carbocycles. The minimum Gasteiger partial charge on any atom is -0.372 e. The van der Waals surface area contributed by atoms with E-state index in [1.807, 2.05) is 17.0 Å². The van der Waals surface area contributed by atoms with Crippen LogP contribution in [0.3, 0.4) is 0 Å². The van der Waals surface area contributed by atoms with E-state index in [9.17, 15) is 4.79 Å². The van der Waals surface area contributed by atoms with E-state index in [1.165, 1.54) is 49.3 Å². The Morgan fingerprint density at radius 1 is 0.759 bits per heavy atom. The second-order valence-corrected chi connectivity index (χ2v) is 8.02. The molecule has 5 heteroatoms. The molecule has 2 amide bonds. The molecule has 1 N–H and O–H groups in total. The van der Waals surface area contributed by atoms with E-state index in [2.05, 4.69) is 58.4 Å². The van der Waals surface area contributed by atoms with Crippen LogP contribution in [0.25, 0.3) is 0 Å². The summed E-state index contributed by atoms with van der Waals surface area (Å²) in [5.74, 6) is 0. The summed E-state index contributed by atoms with van der Waals surface area (Å²) in [5, 5.41) is 3.02. The number of hydrogen-bond acceptors (Lipinski definition) is 3. The van der Waals surface area contributed by atoms with Gasteiger partial charge in [-0.2, -0.15) is 0 Å². The van der Waals surface area contributed by atoms with Crippen molar-refractivity contribution in [1.29, 1.82) is 0 Å². The van der Waals surface area contributed by atoms with Gasteiger partial charge in [0.2, 0.25) is 0 Å². The predicted octanol–water partition coefficient (Wildman–Crippen LogP) is 4.59. The largest absolute Gasteiger partial charge is 0.372 e. The monoisotopic (exact) mass is 392 g/mol. The summed E-state index contributed by atoms with van der Waals surface area (Å²) in [4.78, 5) is 19.3. The highest BCUT2D eigenvalue weighted by atomic mass is 16.2. The van der Waals surface area contributed by atoms with Crippen molar-refractivity contribution in [3.05, 3.63) is 54.1 Å². The van der Waals surface area contributed by atoms with Gasteiger partial charge < -0.3 is 20.0 Å². The highest BCUT2D eigenvalue weighted by molar-refractivity contribution is 5.89. The lowest BCUT2D eigenvalue weighted by molar-refractivity contribution is 0.208. The number of hydrogen-bond donors (Lipinski definition) is 1. The van der Waals surface area contributed by atoms with E-state index in [1.54, 1.807) is 0 Å². The Bertz CT molecular complexity index is 789. The molecule has 0 bridgehead atoms. The Morgan fingerprint density at radius 3 is 1.86 bits per heavy atom. The smallest absolute Gasteiger partial charge is 0.321 e.